The summed E-state index contributed by atoms with van der Waals surface area (Å²) in [6.45, 7) is 12.5. The van der Waals surface area contributed by atoms with Crippen LogP contribution in [0.15, 0.2) is 36.4 Å². The minimum atomic E-state index is -0.914. The molecule has 108 valence electrons. The van der Waals surface area contributed by atoms with Crippen LogP contribution in [0.1, 0.15) is 45.1 Å². The number of carbonyl (C=O) groups is 1. The summed E-state index contributed by atoms with van der Waals surface area (Å²) in [6, 6.07) is 11.3. The monoisotopic (exact) mass is 281 g/mol. The van der Waals surface area contributed by atoms with Crippen molar-refractivity contribution in [3.8, 4) is 0 Å². The molecule has 21 heavy (non-hydrogen) atoms. The summed E-state index contributed by atoms with van der Waals surface area (Å²) in [5.74, 6) is -0.914. The predicted octanol–water partition coefficient (Wildman–Crippen LogP) is 4.45. The molecule has 0 heterocycles. The standard InChI is InChI=1S/C19H20O2/c1-12-10-13(2)17(14(3)11-12)19(4,5)16-9-7-6-8-15(16)18(20)21/h6-11H,4H2,1-3,5H3/p+1. The number of benzene rings is 2. The van der Waals surface area contributed by atoms with Crippen molar-refractivity contribution >= 4 is 5.97 Å². The summed E-state index contributed by atoms with van der Waals surface area (Å²) in [6.07, 6.45) is 0. The van der Waals surface area contributed by atoms with Gasteiger partial charge in [-0.2, -0.15) is 0 Å². The molecule has 0 aromatic heterocycles. The average molecular weight is 281 g/mol. The Hall–Kier alpha value is -2.22. The van der Waals surface area contributed by atoms with Crippen molar-refractivity contribution in [3.05, 3.63) is 76.7 Å². The highest BCUT2D eigenvalue weighted by Gasteiger charge is 2.36. The van der Waals surface area contributed by atoms with E-state index in [9.17, 15) is 9.90 Å². The molecule has 2 nitrogen and oxygen atoms in total. The molecule has 2 rings (SSSR count). The van der Waals surface area contributed by atoms with Crippen molar-refractivity contribution in [3.63, 3.8) is 0 Å². The van der Waals surface area contributed by atoms with Gasteiger partial charge in [0.25, 0.3) is 0 Å². The van der Waals surface area contributed by atoms with Gasteiger partial charge in [-0.25, -0.2) is 4.79 Å². The number of rotatable bonds is 3. The second kappa shape index (κ2) is 5.28. The Labute approximate surface area is 126 Å². The smallest absolute Gasteiger partial charge is 0.336 e. The highest BCUT2D eigenvalue weighted by atomic mass is 16.4. The number of hydrogen-bond acceptors (Lipinski definition) is 1. The summed E-state index contributed by atoms with van der Waals surface area (Å²) in [5, 5.41) is 9.43. The highest BCUT2D eigenvalue weighted by Crippen LogP contribution is 2.37. The van der Waals surface area contributed by atoms with Gasteiger partial charge in [0.1, 0.15) is 0 Å². The summed E-state index contributed by atoms with van der Waals surface area (Å²) in [7, 11) is 0. The summed E-state index contributed by atoms with van der Waals surface area (Å²) >= 11 is 0. The topological polar surface area (TPSA) is 37.3 Å². The molecule has 0 saturated carbocycles. The molecule has 0 saturated heterocycles. The van der Waals surface area contributed by atoms with Gasteiger partial charge in [-0.15, -0.1) is 0 Å². The molecule has 1 atom stereocenters. The van der Waals surface area contributed by atoms with Crippen LogP contribution in [0.25, 0.3) is 0 Å². The molecule has 0 fully saturated rings. The first-order chi connectivity index (χ1) is 9.75. The van der Waals surface area contributed by atoms with Gasteiger partial charge in [0.05, 0.1) is 12.5 Å². The maximum Gasteiger partial charge on any atom is 0.336 e. The number of carboxylic acid groups (broad SMARTS) is 1. The Balaban J connectivity index is 2.71. The van der Waals surface area contributed by atoms with Crippen molar-refractivity contribution in [1.82, 2.24) is 0 Å². The van der Waals surface area contributed by atoms with E-state index in [4.69, 9.17) is 0 Å². The molecule has 1 unspecified atom stereocenters. The quantitative estimate of drug-likeness (QED) is 0.844. The Morgan fingerprint density at radius 1 is 1.10 bits per heavy atom. The van der Waals surface area contributed by atoms with Crippen LogP contribution >= 0.6 is 0 Å². The van der Waals surface area contributed by atoms with Gasteiger partial charge in [-0.05, 0) is 44.9 Å². The molecule has 0 spiro atoms. The number of hydrogen-bond donors (Lipinski definition) is 1. The molecule has 2 heteroatoms. The number of aromatic carboxylic acids is 1. The fraction of sp³-hybridized carbons (Fsp3) is 0.263. The zero-order valence-electron chi connectivity index (χ0n) is 13.0. The highest BCUT2D eigenvalue weighted by molar-refractivity contribution is 5.90. The molecule has 0 aliphatic rings. The maximum absolute atomic E-state index is 11.5. The Morgan fingerprint density at radius 3 is 2.14 bits per heavy atom. The average Bonchev–Trinajstić information content (AvgIpc) is 2.37. The van der Waals surface area contributed by atoms with Crippen molar-refractivity contribution in [2.45, 2.75) is 33.1 Å². The van der Waals surface area contributed by atoms with Crippen molar-refractivity contribution in [1.29, 1.82) is 0 Å². The molecule has 0 radical (unpaired) electrons. The fourth-order valence-electron chi connectivity index (χ4n) is 3.34. The second-order valence-corrected chi connectivity index (χ2v) is 5.96. The molecule has 0 aliphatic carbocycles. The van der Waals surface area contributed by atoms with Gasteiger partial charge in [-0.3, -0.25) is 0 Å². The van der Waals surface area contributed by atoms with Gasteiger partial charge >= 0.3 is 5.97 Å². The maximum atomic E-state index is 11.5. The number of carboxylic acids is 1. The predicted molar refractivity (Wildman–Crippen MR) is 85.9 cm³/mol. The van der Waals surface area contributed by atoms with Crippen LogP contribution in [0.3, 0.4) is 0 Å². The Morgan fingerprint density at radius 2 is 1.62 bits per heavy atom. The van der Waals surface area contributed by atoms with Gasteiger partial charge in [-0.1, -0.05) is 35.9 Å². The molecule has 2 aromatic rings. The Kier molecular flexibility index (Phi) is 3.82. The van der Waals surface area contributed by atoms with Gasteiger partial charge in [0.15, 0.2) is 5.41 Å². The molecule has 1 N–H and O–H groups in total. The van der Waals surface area contributed by atoms with Crippen LogP contribution in [0.5, 0.6) is 0 Å². The van der Waals surface area contributed by atoms with Gasteiger partial charge < -0.3 is 5.11 Å². The third-order valence-corrected chi connectivity index (χ3v) is 3.98. The minimum absolute atomic E-state index is 0.314. The zero-order valence-corrected chi connectivity index (χ0v) is 13.0. The summed E-state index contributed by atoms with van der Waals surface area (Å²) < 4.78 is 0. The summed E-state index contributed by atoms with van der Waals surface area (Å²) in [4.78, 5) is 11.5. The van der Waals surface area contributed by atoms with E-state index in [1.54, 1.807) is 12.1 Å². The third kappa shape index (κ3) is 2.66. The van der Waals surface area contributed by atoms with E-state index in [2.05, 4.69) is 39.8 Å². The molecular weight excluding hydrogens is 260 g/mol. The minimum Gasteiger partial charge on any atom is -0.478 e. The molecule has 2 aromatic carbocycles. The lowest BCUT2D eigenvalue weighted by Gasteiger charge is -2.25. The van der Waals surface area contributed by atoms with E-state index in [1.165, 1.54) is 5.56 Å². The second-order valence-electron chi connectivity index (χ2n) is 5.96. The van der Waals surface area contributed by atoms with Gasteiger partial charge in [0.2, 0.25) is 0 Å². The van der Waals surface area contributed by atoms with E-state index >= 15 is 0 Å². The lowest BCUT2D eigenvalue weighted by molar-refractivity contribution is 0.0694. The lowest BCUT2D eigenvalue weighted by Crippen LogP contribution is -2.25. The van der Waals surface area contributed by atoms with Crippen molar-refractivity contribution in [2.24, 2.45) is 0 Å². The van der Waals surface area contributed by atoms with Crippen LogP contribution in [0.2, 0.25) is 0 Å². The van der Waals surface area contributed by atoms with Crippen molar-refractivity contribution < 1.29 is 9.90 Å². The van der Waals surface area contributed by atoms with E-state index in [0.29, 0.717) is 5.56 Å². The van der Waals surface area contributed by atoms with E-state index < -0.39 is 11.4 Å². The molecule has 0 bridgehead atoms. The van der Waals surface area contributed by atoms with Crippen LogP contribution in [0, 0.1) is 27.7 Å². The molecular formula is C19H21O2+. The van der Waals surface area contributed by atoms with E-state index in [0.717, 1.165) is 22.3 Å². The van der Waals surface area contributed by atoms with Crippen LogP contribution in [0.4, 0.5) is 0 Å². The van der Waals surface area contributed by atoms with Crippen molar-refractivity contribution in [2.75, 3.05) is 0 Å². The first kappa shape index (κ1) is 15.2. The molecule has 0 aliphatic heterocycles. The van der Waals surface area contributed by atoms with E-state index in [1.807, 2.05) is 19.1 Å². The molecule has 0 amide bonds. The number of aryl methyl sites for hydroxylation is 3. The summed E-state index contributed by atoms with van der Waals surface area (Å²) in [5.41, 5.74) is 5.05. The third-order valence-electron chi connectivity index (χ3n) is 3.98. The van der Waals surface area contributed by atoms with Crippen LogP contribution < -0.4 is 0 Å². The normalized spacial score (nSPS) is 13.7. The van der Waals surface area contributed by atoms with Crippen LogP contribution in [-0.4, -0.2) is 11.1 Å². The van der Waals surface area contributed by atoms with Gasteiger partial charge in [0, 0.05) is 11.1 Å². The first-order valence-electron chi connectivity index (χ1n) is 7.01. The van der Waals surface area contributed by atoms with Crippen LogP contribution in [-0.2, 0) is 5.41 Å². The SMILES string of the molecule is [CH2+]C(C)(c1ccccc1C(=O)O)c1c(C)cc(C)cc1C. The fourth-order valence-corrected chi connectivity index (χ4v) is 3.34. The first-order valence-corrected chi connectivity index (χ1v) is 7.01. The van der Waals surface area contributed by atoms with E-state index in [-0.39, 0.29) is 0 Å². The Bertz CT molecular complexity index is 673. The lowest BCUT2D eigenvalue weighted by atomic mass is 9.72. The largest absolute Gasteiger partial charge is 0.478 e. The zero-order chi connectivity index (χ0) is 15.8.